The van der Waals surface area contributed by atoms with Crippen LogP contribution in [0.25, 0.3) is 10.4 Å². The molecule has 19 heteroatoms. The number of azide groups is 1. The van der Waals surface area contributed by atoms with Gasteiger partial charge < -0.3 is 48.5 Å². The molecule has 2 unspecified atom stereocenters. The Morgan fingerprint density at radius 3 is 2.19 bits per heavy atom. The summed E-state index contributed by atoms with van der Waals surface area (Å²) < 4.78 is 38.5. The highest BCUT2D eigenvalue weighted by Crippen LogP contribution is 2.32. The molecule has 2 aliphatic heterocycles. The molecular formula is C33H61N7O12. The number of aliphatic hydroxyl groups is 1. The predicted molar refractivity (Wildman–Crippen MR) is 186 cm³/mol. The summed E-state index contributed by atoms with van der Waals surface area (Å²) in [6.07, 6.45) is 0.282. The first-order chi connectivity index (χ1) is 25.3. The van der Waals surface area contributed by atoms with E-state index in [1.165, 1.54) is 5.06 Å². The van der Waals surface area contributed by atoms with Crippen molar-refractivity contribution in [3.05, 3.63) is 10.4 Å². The summed E-state index contributed by atoms with van der Waals surface area (Å²) in [5, 5.41) is 21.7. The van der Waals surface area contributed by atoms with Crippen LogP contribution in [0.5, 0.6) is 0 Å². The van der Waals surface area contributed by atoms with E-state index >= 15 is 0 Å². The SMILES string of the molecule is C[C@@H]1C(O)N2OCCOCCC(=O)CCCN(C(=O)CCOCCOCCOCCOCCN=[N+]=[N-])CCNC(=O)CCOCCOCNC2[C@@H]1C. The van der Waals surface area contributed by atoms with Crippen molar-refractivity contribution < 1.29 is 57.5 Å². The van der Waals surface area contributed by atoms with E-state index in [2.05, 4.69) is 20.7 Å². The molecule has 19 nitrogen and oxygen atoms in total. The van der Waals surface area contributed by atoms with Gasteiger partial charge in [-0.15, -0.1) is 5.06 Å². The lowest BCUT2D eigenvalue weighted by Crippen LogP contribution is -2.47. The summed E-state index contributed by atoms with van der Waals surface area (Å²) in [5.74, 6) is -0.230. The highest BCUT2D eigenvalue weighted by atomic mass is 16.7. The minimum atomic E-state index is -0.789. The minimum absolute atomic E-state index is 0.0262. The van der Waals surface area contributed by atoms with Gasteiger partial charge in [-0.1, -0.05) is 19.0 Å². The van der Waals surface area contributed by atoms with Crippen molar-refractivity contribution in [1.82, 2.24) is 20.6 Å². The number of Topliss-reactive ketones (excluding diaryl/α,β-unsaturated/α-hetero) is 1. The van der Waals surface area contributed by atoms with Crippen LogP contribution in [0.2, 0.25) is 0 Å². The number of hydroxylamine groups is 2. The van der Waals surface area contributed by atoms with Crippen LogP contribution in [0.15, 0.2) is 5.11 Å². The second-order valence-electron chi connectivity index (χ2n) is 12.3. The number of fused-ring (bicyclic) bond motifs is 1. The quantitative estimate of drug-likeness (QED) is 0.0904. The molecule has 2 aliphatic rings. The summed E-state index contributed by atoms with van der Waals surface area (Å²) in [4.78, 5) is 48.1. The van der Waals surface area contributed by atoms with Crippen LogP contribution in [-0.2, 0) is 52.4 Å². The van der Waals surface area contributed by atoms with Crippen molar-refractivity contribution in [3.8, 4) is 0 Å². The number of hydrogen-bond acceptors (Lipinski definition) is 15. The second kappa shape index (κ2) is 29.9. The molecule has 2 fully saturated rings. The molecule has 0 spiro atoms. The number of ether oxygens (including phenoxy) is 7. The van der Waals surface area contributed by atoms with Crippen molar-refractivity contribution in [2.75, 3.05) is 125 Å². The molecular weight excluding hydrogens is 686 g/mol. The summed E-state index contributed by atoms with van der Waals surface area (Å²) in [6, 6.07) is 0. The molecule has 52 heavy (non-hydrogen) atoms. The lowest BCUT2D eigenvalue weighted by molar-refractivity contribution is -0.255. The second-order valence-corrected chi connectivity index (χ2v) is 12.3. The Hall–Kier alpha value is -2.52. The van der Waals surface area contributed by atoms with Crippen molar-refractivity contribution in [1.29, 1.82) is 0 Å². The van der Waals surface area contributed by atoms with E-state index in [0.29, 0.717) is 85.4 Å². The Morgan fingerprint density at radius 2 is 1.48 bits per heavy atom. The zero-order valence-corrected chi connectivity index (χ0v) is 31.0. The number of nitrogens with one attached hydrogen (secondary N) is 2. The molecule has 3 N–H and O–H groups in total. The molecule has 0 bridgehead atoms. The van der Waals surface area contributed by atoms with Gasteiger partial charge in [0.15, 0.2) is 0 Å². The minimum Gasteiger partial charge on any atom is -0.379 e. The number of amides is 2. The topological polar surface area (TPSA) is 225 Å². The molecule has 0 saturated carbocycles. The molecule has 2 saturated heterocycles. The van der Waals surface area contributed by atoms with Crippen LogP contribution in [0.3, 0.4) is 0 Å². The van der Waals surface area contributed by atoms with E-state index in [9.17, 15) is 19.5 Å². The van der Waals surface area contributed by atoms with E-state index in [4.69, 9.17) is 43.5 Å². The van der Waals surface area contributed by atoms with E-state index in [-0.39, 0.29) is 108 Å². The number of aliphatic hydroxyl groups excluding tert-OH is 1. The predicted octanol–water partition coefficient (Wildman–Crippen LogP) is 0.602. The van der Waals surface area contributed by atoms with Gasteiger partial charge >= 0.3 is 0 Å². The maximum absolute atomic E-state index is 13.0. The Morgan fingerprint density at radius 1 is 0.846 bits per heavy atom. The standard InChI is InChI=1S/C33H61N7O12/c1-27-28(2)33(44)40-32(27)36-26-51-23-22-46-13-6-30(42)35-8-11-39(10-3-4-29(41)5-12-45-24-25-52-40)31(43)7-14-47-16-18-49-20-21-50-19-17-48-15-9-37-38-34/h27-28,32-33,36,44H,3-26H2,1-2H3,(H,35,42)/t27-,28+,32?,33?/m1/s1. The fourth-order valence-corrected chi connectivity index (χ4v) is 5.31. The number of rotatable bonds is 15. The average molecular weight is 748 g/mol. The first-order valence-electron chi connectivity index (χ1n) is 18.3. The van der Waals surface area contributed by atoms with Gasteiger partial charge in [-0.05, 0) is 17.9 Å². The molecule has 300 valence electrons. The Labute approximate surface area is 306 Å². The van der Waals surface area contributed by atoms with Crippen molar-refractivity contribution in [3.63, 3.8) is 0 Å². The highest BCUT2D eigenvalue weighted by Gasteiger charge is 2.44. The maximum atomic E-state index is 13.0. The molecule has 0 aromatic rings. The lowest BCUT2D eigenvalue weighted by atomic mass is 9.97. The molecule has 0 aliphatic carbocycles. The van der Waals surface area contributed by atoms with Crippen LogP contribution >= 0.6 is 0 Å². The average Bonchev–Trinajstić information content (AvgIpc) is 3.33. The van der Waals surface area contributed by atoms with Gasteiger partial charge in [-0.2, -0.15) is 0 Å². The van der Waals surface area contributed by atoms with Gasteiger partial charge in [0.2, 0.25) is 11.8 Å². The lowest BCUT2D eigenvalue weighted by Gasteiger charge is -2.28. The fraction of sp³-hybridized carbons (Fsp3) is 0.909. The largest absolute Gasteiger partial charge is 0.379 e. The Kier molecular flexibility index (Phi) is 26.2. The van der Waals surface area contributed by atoms with E-state index < -0.39 is 6.23 Å². The third-order valence-corrected chi connectivity index (χ3v) is 8.48. The summed E-state index contributed by atoms with van der Waals surface area (Å²) in [6.45, 7) is 9.85. The van der Waals surface area contributed by atoms with Gasteiger partial charge in [0.05, 0.1) is 112 Å². The van der Waals surface area contributed by atoms with Gasteiger partial charge in [-0.3, -0.25) is 24.5 Å². The normalized spacial score (nSPS) is 24.6. The molecule has 2 heterocycles. The van der Waals surface area contributed by atoms with Gasteiger partial charge in [0.1, 0.15) is 12.0 Å². The molecule has 2 amide bonds. The first kappa shape index (κ1) is 45.6. The van der Waals surface area contributed by atoms with Crippen molar-refractivity contribution >= 4 is 17.6 Å². The Bertz CT molecular complexity index is 1030. The van der Waals surface area contributed by atoms with Crippen LogP contribution in [0.1, 0.15) is 46.0 Å². The third-order valence-electron chi connectivity index (χ3n) is 8.48. The third kappa shape index (κ3) is 20.6. The number of carbonyl (C=O) groups is 3. The van der Waals surface area contributed by atoms with Crippen molar-refractivity contribution in [2.24, 2.45) is 17.0 Å². The van der Waals surface area contributed by atoms with E-state index in [1.54, 1.807) is 4.90 Å². The number of carbonyl (C=O) groups excluding carboxylic acids is 3. The fourth-order valence-electron chi connectivity index (χ4n) is 5.31. The zero-order chi connectivity index (χ0) is 37.7. The van der Waals surface area contributed by atoms with E-state index in [0.717, 1.165) is 0 Å². The van der Waals surface area contributed by atoms with Crippen LogP contribution in [0, 0.1) is 11.8 Å². The van der Waals surface area contributed by atoms with Crippen LogP contribution < -0.4 is 10.6 Å². The monoisotopic (exact) mass is 747 g/mol. The summed E-state index contributed by atoms with van der Waals surface area (Å²) in [7, 11) is 0. The van der Waals surface area contributed by atoms with Crippen LogP contribution in [0.4, 0.5) is 0 Å². The zero-order valence-electron chi connectivity index (χ0n) is 31.0. The first-order valence-corrected chi connectivity index (χ1v) is 18.3. The van der Waals surface area contributed by atoms with Gasteiger partial charge in [0.25, 0.3) is 0 Å². The van der Waals surface area contributed by atoms with Gasteiger partial charge in [0, 0.05) is 56.3 Å². The number of ketones is 1. The highest BCUT2D eigenvalue weighted by molar-refractivity contribution is 5.79. The molecule has 4 atom stereocenters. The number of hydrogen-bond donors (Lipinski definition) is 3. The van der Waals surface area contributed by atoms with Crippen LogP contribution in [-0.4, -0.2) is 170 Å². The maximum Gasteiger partial charge on any atom is 0.224 e. The molecule has 0 radical (unpaired) electrons. The summed E-state index contributed by atoms with van der Waals surface area (Å²) in [5.41, 5.74) is 8.20. The van der Waals surface area contributed by atoms with Gasteiger partial charge in [-0.25, -0.2) is 0 Å². The van der Waals surface area contributed by atoms with E-state index in [1.807, 2.05) is 13.8 Å². The Balaban J connectivity index is 1.71. The molecule has 0 aromatic heterocycles. The molecule has 2 rings (SSSR count). The smallest absolute Gasteiger partial charge is 0.224 e. The summed E-state index contributed by atoms with van der Waals surface area (Å²) >= 11 is 0. The number of nitrogens with zero attached hydrogens (tertiary/aromatic N) is 5. The van der Waals surface area contributed by atoms with Crippen molar-refractivity contribution in [2.45, 2.75) is 58.3 Å². The molecule has 0 aromatic carbocycles.